The number of hydrogen-bond donors (Lipinski definition) is 2. The van der Waals surface area contributed by atoms with E-state index in [2.05, 4.69) is 10.3 Å². The van der Waals surface area contributed by atoms with Crippen molar-refractivity contribution in [2.24, 2.45) is 0 Å². The molecule has 0 atom stereocenters. The molecule has 5 nitrogen and oxygen atoms in total. The average Bonchev–Trinajstić information content (AvgIpc) is 2.77. The van der Waals surface area contributed by atoms with Crippen LogP contribution >= 0.6 is 11.3 Å². The van der Waals surface area contributed by atoms with E-state index < -0.39 is 17.5 Å². The Bertz CT molecular complexity index is 654. The molecular formula is C12H9FN2O3S. The summed E-state index contributed by atoms with van der Waals surface area (Å²) in [5.74, 6) is -1.92. The number of hydrogen-bond acceptors (Lipinski definition) is 5. The molecule has 0 unspecified atom stereocenters. The van der Waals surface area contributed by atoms with Crippen molar-refractivity contribution in [3.63, 3.8) is 0 Å². The number of nitrogens with one attached hydrogen (secondary N) is 1. The zero-order chi connectivity index (χ0) is 14.0. The zero-order valence-corrected chi connectivity index (χ0v) is 10.6. The number of amides is 1. The number of rotatable bonds is 3. The van der Waals surface area contributed by atoms with Crippen LogP contribution in [0.25, 0.3) is 0 Å². The number of phenols is 1. The van der Waals surface area contributed by atoms with Crippen LogP contribution in [-0.4, -0.2) is 21.8 Å². The number of benzene rings is 1. The lowest BCUT2D eigenvalue weighted by molar-refractivity contribution is 0.100. The van der Waals surface area contributed by atoms with Gasteiger partial charge < -0.3 is 5.11 Å². The Morgan fingerprint density at radius 3 is 2.74 bits per heavy atom. The third kappa shape index (κ3) is 2.94. The Morgan fingerprint density at radius 1 is 1.42 bits per heavy atom. The number of aromatic hydroxyl groups is 1. The Labute approximate surface area is 111 Å². The molecule has 0 spiro atoms. The van der Waals surface area contributed by atoms with Gasteiger partial charge in [-0.2, -0.15) is 0 Å². The highest BCUT2D eigenvalue weighted by Gasteiger charge is 2.14. The van der Waals surface area contributed by atoms with Crippen molar-refractivity contribution >= 4 is 28.2 Å². The first-order chi connectivity index (χ1) is 8.97. The first-order valence-electron chi connectivity index (χ1n) is 5.23. The fraction of sp³-hybridized carbons (Fsp3) is 0.0833. The summed E-state index contributed by atoms with van der Waals surface area (Å²) in [4.78, 5) is 26.8. The topological polar surface area (TPSA) is 79.3 Å². The SMILES string of the molecule is CC(=O)c1csc(NC(=O)c2ccc(F)cc2O)n1. The minimum absolute atomic E-state index is 0.0685. The van der Waals surface area contributed by atoms with Gasteiger partial charge in [0.05, 0.1) is 5.56 Å². The Kier molecular flexibility index (Phi) is 3.57. The fourth-order valence-corrected chi connectivity index (χ4v) is 2.10. The average molecular weight is 280 g/mol. The zero-order valence-electron chi connectivity index (χ0n) is 9.81. The number of carbonyl (C=O) groups is 2. The third-order valence-electron chi connectivity index (χ3n) is 2.29. The second kappa shape index (κ2) is 5.15. The number of ketones is 1. The van der Waals surface area contributed by atoms with Crippen LogP contribution in [0.2, 0.25) is 0 Å². The van der Waals surface area contributed by atoms with E-state index in [0.717, 1.165) is 23.5 Å². The van der Waals surface area contributed by atoms with E-state index in [1.807, 2.05) is 0 Å². The molecule has 0 saturated carbocycles. The number of aromatic nitrogens is 1. The van der Waals surface area contributed by atoms with Crippen LogP contribution in [0.1, 0.15) is 27.8 Å². The molecule has 19 heavy (non-hydrogen) atoms. The number of Topliss-reactive ketones (excluding diaryl/α,β-unsaturated/α-hetero) is 1. The van der Waals surface area contributed by atoms with Gasteiger partial charge in [0.1, 0.15) is 17.3 Å². The van der Waals surface area contributed by atoms with Crippen LogP contribution < -0.4 is 5.32 Å². The first kappa shape index (κ1) is 13.2. The molecule has 2 N–H and O–H groups in total. The van der Waals surface area contributed by atoms with E-state index in [0.29, 0.717) is 0 Å². The second-order valence-corrected chi connectivity index (χ2v) is 4.57. The summed E-state index contributed by atoms with van der Waals surface area (Å²) >= 11 is 1.09. The van der Waals surface area contributed by atoms with Crippen LogP contribution in [0.4, 0.5) is 9.52 Å². The van der Waals surface area contributed by atoms with E-state index in [1.165, 1.54) is 18.4 Å². The maximum Gasteiger partial charge on any atom is 0.261 e. The number of anilines is 1. The molecule has 1 aromatic heterocycles. The predicted molar refractivity (Wildman–Crippen MR) is 68.1 cm³/mol. The first-order valence-corrected chi connectivity index (χ1v) is 6.11. The van der Waals surface area contributed by atoms with Crippen LogP contribution in [0.15, 0.2) is 23.6 Å². The molecule has 0 aliphatic heterocycles. The Hall–Kier alpha value is -2.28. The fourth-order valence-electron chi connectivity index (χ4n) is 1.35. The molecule has 1 heterocycles. The highest BCUT2D eigenvalue weighted by Crippen LogP contribution is 2.21. The summed E-state index contributed by atoms with van der Waals surface area (Å²) in [6, 6.07) is 3.08. The van der Waals surface area contributed by atoms with Crippen molar-refractivity contribution in [1.82, 2.24) is 4.98 Å². The van der Waals surface area contributed by atoms with E-state index in [-0.39, 0.29) is 22.2 Å². The van der Waals surface area contributed by atoms with Gasteiger partial charge in [-0.1, -0.05) is 0 Å². The molecule has 2 aromatic rings. The molecule has 0 fully saturated rings. The Morgan fingerprint density at radius 2 is 2.16 bits per heavy atom. The quantitative estimate of drug-likeness (QED) is 0.846. The van der Waals surface area contributed by atoms with Gasteiger partial charge >= 0.3 is 0 Å². The predicted octanol–water partition coefficient (Wildman–Crippen LogP) is 2.44. The Balaban J connectivity index is 2.18. The van der Waals surface area contributed by atoms with Gasteiger partial charge in [-0.25, -0.2) is 9.37 Å². The maximum absolute atomic E-state index is 12.8. The minimum atomic E-state index is -0.637. The summed E-state index contributed by atoms with van der Waals surface area (Å²) in [5.41, 5.74) is 0.185. The molecule has 0 aliphatic rings. The lowest BCUT2D eigenvalue weighted by atomic mass is 10.2. The molecule has 2 rings (SSSR count). The molecule has 1 aromatic carbocycles. The smallest absolute Gasteiger partial charge is 0.261 e. The van der Waals surface area contributed by atoms with Gasteiger partial charge in [0.2, 0.25) is 0 Å². The summed E-state index contributed by atoms with van der Waals surface area (Å²) in [7, 11) is 0. The molecule has 0 aliphatic carbocycles. The number of carbonyl (C=O) groups excluding carboxylic acids is 2. The number of nitrogens with zero attached hydrogens (tertiary/aromatic N) is 1. The molecule has 1 amide bonds. The van der Waals surface area contributed by atoms with Gasteiger partial charge in [-0.05, 0) is 12.1 Å². The number of thiazole rings is 1. The van der Waals surface area contributed by atoms with E-state index in [1.54, 1.807) is 0 Å². The van der Waals surface area contributed by atoms with Crippen LogP contribution in [0.3, 0.4) is 0 Å². The van der Waals surface area contributed by atoms with Gasteiger partial charge in [0.15, 0.2) is 10.9 Å². The van der Waals surface area contributed by atoms with Crippen LogP contribution in [0, 0.1) is 5.82 Å². The van der Waals surface area contributed by atoms with Crippen LogP contribution in [-0.2, 0) is 0 Å². The van der Waals surface area contributed by atoms with Crippen molar-refractivity contribution in [3.05, 3.63) is 40.7 Å². The van der Waals surface area contributed by atoms with Gasteiger partial charge in [-0.3, -0.25) is 14.9 Å². The molecule has 0 bridgehead atoms. The summed E-state index contributed by atoms with van der Waals surface area (Å²) < 4.78 is 12.8. The van der Waals surface area contributed by atoms with Gasteiger partial charge in [-0.15, -0.1) is 11.3 Å². The van der Waals surface area contributed by atoms with E-state index in [4.69, 9.17) is 0 Å². The summed E-state index contributed by atoms with van der Waals surface area (Å²) in [5, 5.41) is 13.6. The standard InChI is InChI=1S/C12H9FN2O3S/c1-6(16)9-5-19-12(14-9)15-11(18)8-3-2-7(13)4-10(8)17/h2-5,17H,1H3,(H,14,15,18). The van der Waals surface area contributed by atoms with E-state index in [9.17, 15) is 19.1 Å². The van der Waals surface area contributed by atoms with Crippen molar-refractivity contribution in [1.29, 1.82) is 0 Å². The molecular weight excluding hydrogens is 271 g/mol. The molecule has 0 saturated heterocycles. The molecule has 0 radical (unpaired) electrons. The lowest BCUT2D eigenvalue weighted by Gasteiger charge is -2.03. The molecule has 98 valence electrons. The van der Waals surface area contributed by atoms with Gasteiger partial charge in [0.25, 0.3) is 5.91 Å². The largest absolute Gasteiger partial charge is 0.507 e. The maximum atomic E-state index is 12.8. The minimum Gasteiger partial charge on any atom is -0.507 e. The van der Waals surface area contributed by atoms with Crippen molar-refractivity contribution in [2.45, 2.75) is 6.92 Å². The number of halogens is 1. The van der Waals surface area contributed by atoms with Gasteiger partial charge in [0, 0.05) is 18.4 Å². The second-order valence-electron chi connectivity index (χ2n) is 3.71. The highest BCUT2D eigenvalue weighted by molar-refractivity contribution is 7.14. The highest BCUT2D eigenvalue weighted by atomic mass is 32.1. The number of phenolic OH excluding ortho intramolecular Hbond substituents is 1. The monoisotopic (exact) mass is 280 g/mol. The van der Waals surface area contributed by atoms with Crippen molar-refractivity contribution in [3.8, 4) is 5.75 Å². The summed E-state index contributed by atoms with van der Waals surface area (Å²) in [6.45, 7) is 1.37. The van der Waals surface area contributed by atoms with Crippen molar-refractivity contribution < 1.29 is 19.1 Å². The molecule has 7 heteroatoms. The van der Waals surface area contributed by atoms with E-state index >= 15 is 0 Å². The lowest BCUT2D eigenvalue weighted by Crippen LogP contribution is -2.12. The normalized spacial score (nSPS) is 10.2. The third-order valence-corrected chi connectivity index (χ3v) is 3.05. The van der Waals surface area contributed by atoms with Crippen molar-refractivity contribution in [2.75, 3.05) is 5.32 Å². The summed E-state index contributed by atoms with van der Waals surface area (Å²) in [6.07, 6.45) is 0. The van der Waals surface area contributed by atoms with Crippen LogP contribution in [0.5, 0.6) is 5.75 Å².